The Morgan fingerprint density at radius 2 is 1.87 bits per heavy atom. The summed E-state index contributed by atoms with van der Waals surface area (Å²) < 4.78 is 46.0. The first-order chi connectivity index (χ1) is 14.8. The van der Waals surface area contributed by atoms with Gasteiger partial charge in [-0.2, -0.15) is 18.3 Å². The number of halogens is 3. The Morgan fingerprint density at radius 1 is 1.16 bits per heavy atom. The molecule has 0 spiro atoms. The van der Waals surface area contributed by atoms with E-state index in [9.17, 15) is 18.0 Å². The van der Waals surface area contributed by atoms with Gasteiger partial charge in [0, 0.05) is 49.9 Å². The Labute approximate surface area is 179 Å². The van der Waals surface area contributed by atoms with Gasteiger partial charge in [-0.25, -0.2) is 0 Å². The van der Waals surface area contributed by atoms with Crippen LogP contribution in [0, 0.1) is 0 Å². The maximum atomic E-state index is 13.2. The van der Waals surface area contributed by atoms with Crippen LogP contribution >= 0.6 is 0 Å². The van der Waals surface area contributed by atoms with E-state index >= 15 is 0 Å². The molecule has 9 heteroatoms. The van der Waals surface area contributed by atoms with Crippen molar-refractivity contribution in [2.45, 2.75) is 45.1 Å². The standard InChI is InChI=1S/C22H27F3N4O2/c1-16(13-22(23,24)25)28-8-7-19-18(15-28)20(21(30)27-9-11-31-12-10-27)26-29(19)14-17-5-3-2-4-6-17/h2-6,16H,7-15H2,1H3/t16-/m0/s1. The van der Waals surface area contributed by atoms with Gasteiger partial charge >= 0.3 is 6.18 Å². The molecule has 1 fully saturated rings. The second-order valence-corrected chi connectivity index (χ2v) is 8.21. The number of rotatable bonds is 5. The molecule has 0 aliphatic carbocycles. The maximum Gasteiger partial charge on any atom is 0.390 e. The zero-order valence-electron chi connectivity index (χ0n) is 17.6. The quantitative estimate of drug-likeness (QED) is 0.723. The normalized spacial score (nSPS) is 18.6. The first-order valence-electron chi connectivity index (χ1n) is 10.6. The minimum Gasteiger partial charge on any atom is -0.378 e. The SMILES string of the molecule is C[C@@H](CC(F)(F)F)N1CCc2c(c(C(=O)N3CCOCC3)nn2Cc2ccccc2)C1. The van der Waals surface area contributed by atoms with Gasteiger partial charge in [0.1, 0.15) is 0 Å². The molecule has 0 N–H and O–H groups in total. The van der Waals surface area contributed by atoms with Crippen LogP contribution in [0.15, 0.2) is 30.3 Å². The van der Waals surface area contributed by atoms with E-state index in [0.29, 0.717) is 58.1 Å². The van der Waals surface area contributed by atoms with Gasteiger partial charge in [-0.3, -0.25) is 14.4 Å². The molecule has 168 valence electrons. The molecule has 1 saturated heterocycles. The van der Waals surface area contributed by atoms with Crippen LogP contribution in [-0.2, 0) is 24.2 Å². The van der Waals surface area contributed by atoms with Crippen molar-refractivity contribution in [1.82, 2.24) is 19.6 Å². The number of aromatic nitrogens is 2. The molecule has 4 rings (SSSR count). The molecule has 2 aromatic rings. The molecule has 2 aliphatic heterocycles. The number of fused-ring (bicyclic) bond motifs is 1. The second kappa shape index (κ2) is 9.00. The minimum absolute atomic E-state index is 0.170. The predicted molar refractivity (Wildman–Crippen MR) is 109 cm³/mol. The van der Waals surface area contributed by atoms with Gasteiger partial charge in [-0.05, 0) is 12.5 Å². The third-order valence-electron chi connectivity index (χ3n) is 5.99. The van der Waals surface area contributed by atoms with Gasteiger partial charge in [0.05, 0.1) is 26.2 Å². The van der Waals surface area contributed by atoms with Gasteiger partial charge in [-0.15, -0.1) is 0 Å². The zero-order chi connectivity index (χ0) is 22.0. The van der Waals surface area contributed by atoms with Crippen molar-refractivity contribution in [1.29, 1.82) is 0 Å². The number of hydrogen-bond acceptors (Lipinski definition) is 4. The molecule has 1 amide bonds. The summed E-state index contributed by atoms with van der Waals surface area (Å²) in [6.07, 6.45) is -4.52. The molecule has 0 bridgehead atoms. The van der Waals surface area contributed by atoms with E-state index in [-0.39, 0.29) is 5.91 Å². The fourth-order valence-corrected chi connectivity index (χ4v) is 4.33. The average molecular weight is 436 g/mol. The Morgan fingerprint density at radius 3 is 2.55 bits per heavy atom. The summed E-state index contributed by atoms with van der Waals surface area (Å²) in [6.45, 7) is 4.87. The van der Waals surface area contributed by atoms with Crippen LogP contribution in [0.3, 0.4) is 0 Å². The number of ether oxygens (including phenoxy) is 1. The highest BCUT2D eigenvalue weighted by Crippen LogP contribution is 2.30. The topological polar surface area (TPSA) is 50.6 Å². The monoisotopic (exact) mass is 436 g/mol. The zero-order valence-corrected chi connectivity index (χ0v) is 17.6. The average Bonchev–Trinajstić information content (AvgIpc) is 3.11. The lowest BCUT2D eigenvalue weighted by Crippen LogP contribution is -2.43. The van der Waals surface area contributed by atoms with Crippen molar-refractivity contribution in [2.75, 3.05) is 32.8 Å². The van der Waals surface area contributed by atoms with Crippen LogP contribution in [0.25, 0.3) is 0 Å². The first kappa shape index (κ1) is 21.8. The van der Waals surface area contributed by atoms with Gasteiger partial charge in [-0.1, -0.05) is 30.3 Å². The first-order valence-corrected chi connectivity index (χ1v) is 10.6. The second-order valence-electron chi connectivity index (χ2n) is 8.21. The number of carbonyl (C=O) groups excluding carboxylic acids is 1. The third-order valence-corrected chi connectivity index (χ3v) is 5.99. The van der Waals surface area contributed by atoms with Crippen LogP contribution in [0.5, 0.6) is 0 Å². The minimum atomic E-state index is -4.22. The van der Waals surface area contributed by atoms with E-state index < -0.39 is 18.6 Å². The van der Waals surface area contributed by atoms with E-state index in [2.05, 4.69) is 5.10 Å². The summed E-state index contributed by atoms with van der Waals surface area (Å²) in [6, 6.07) is 9.18. The van der Waals surface area contributed by atoms with E-state index in [0.717, 1.165) is 16.8 Å². The predicted octanol–water partition coefficient (Wildman–Crippen LogP) is 3.10. The smallest absolute Gasteiger partial charge is 0.378 e. The highest BCUT2D eigenvalue weighted by atomic mass is 19.4. The van der Waals surface area contributed by atoms with Crippen LogP contribution in [0.2, 0.25) is 0 Å². The lowest BCUT2D eigenvalue weighted by molar-refractivity contribution is -0.146. The largest absolute Gasteiger partial charge is 0.390 e. The van der Waals surface area contributed by atoms with Crippen molar-refractivity contribution in [3.63, 3.8) is 0 Å². The van der Waals surface area contributed by atoms with Crippen molar-refractivity contribution >= 4 is 5.91 Å². The summed E-state index contributed by atoms with van der Waals surface area (Å²) >= 11 is 0. The summed E-state index contributed by atoms with van der Waals surface area (Å²) in [5.41, 5.74) is 3.12. The Balaban J connectivity index is 1.63. The molecule has 31 heavy (non-hydrogen) atoms. The lowest BCUT2D eigenvalue weighted by atomic mass is 10.0. The van der Waals surface area contributed by atoms with Gasteiger partial charge in [0.2, 0.25) is 0 Å². The summed E-state index contributed by atoms with van der Waals surface area (Å²) in [5, 5.41) is 4.67. The highest BCUT2D eigenvalue weighted by Gasteiger charge is 2.36. The third kappa shape index (κ3) is 5.10. The fourth-order valence-electron chi connectivity index (χ4n) is 4.33. The number of alkyl halides is 3. The number of nitrogens with zero attached hydrogens (tertiary/aromatic N) is 4. The molecule has 0 saturated carbocycles. The molecule has 2 aliphatic rings. The van der Waals surface area contributed by atoms with Crippen molar-refractivity contribution < 1.29 is 22.7 Å². The van der Waals surface area contributed by atoms with Gasteiger partial charge in [0.15, 0.2) is 5.69 Å². The fraction of sp³-hybridized carbons (Fsp3) is 0.545. The number of benzene rings is 1. The molecular formula is C22H27F3N4O2. The van der Waals surface area contributed by atoms with Crippen LogP contribution in [-0.4, -0.2) is 70.6 Å². The van der Waals surface area contributed by atoms with Crippen molar-refractivity contribution in [2.24, 2.45) is 0 Å². The Hall–Kier alpha value is -2.39. The van der Waals surface area contributed by atoms with E-state index in [1.165, 1.54) is 0 Å². The number of hydrogen-bond donors (Lipinski definition) is 0. The van der Waals surface area contributed by atoms with Crippen LogP contribution in [0.4, 0.5) is 13.2 Å². The molecule has 1 aromatic carbocycles. The van der Waals surface area contributed by atoms with Crippen LogP contribution < -0.4 is 0 Å². The molecule has 3 heterocycles. The molecule has 0 unspecified atom stereocenters. The highest BCUT2D eigenvalue weighted by molar-refractivity contribution is 5.94. The number of amides is 1. The van der Waals surface area contributed by atoms with E-state index in [4.69, 9.17) is 4.74 Å². The lowest BCUT2D eigenvalue weighted by Gasteiger charge is -2.33. The molecule has 6 nitrogen and oxygen atoms in total. The van der Waals surface area contributed by atoms with E-state index in [1.807, 2.05) is 35.0 Å². The number of carbonyl (C=O) groups is 1. The van der Waals surface area contributed by atoms with Gasteiger partial charge in [0.25, 0.3) is 5.91 Å². The Kier molecular flexibility index (Phi) is 6.34. The van der Waals surface area contributed by atoms with Crippen molar-refractivity contribution in [3.05, 3.63) is 52.8 Å². The summed E-state index contributed by atoms with van der Waals surface area (Å²) in [5.74, 6) is -0.170. The van der Waals surface area contributed by atoms with Gasteiger partial charge < -0.3 is 9.64 Å². The summed E-state index contributed by atoms with van der Waals surface area (Å²) in [7, 11) is 0. The molecule has 1 atom stereocenters. The molecular weight excluding hydrogens is 409 g/mol. The van der Waals surface area contributed by atoms with Crippen LogP contribution in [0.1, 0.15) is 40.7 Å². The summed E-state index contributed by atoms with van der Waals surface area (Å²) in [4.78, 5) is 16.8. The molecule has 1 aromatic heterocycles. The van der Waals surface area contributed by atoms with E-state index in [1.54, 1.807) is 16.7 Å². The number of morpholine rings is 1. The van der Waals surface area contributed by atoms with Crippen molar-refractivity contribution in [3.8, 4) is 0 Å². The maximum absolute atomic E-state index is 13.2. The molecule has 0 radical (unpaired) electrons. The Bertz CT molecular complexity index is 907.